The summed E-state index contributed by atoms with van der Waals surface area (Å²) in [4.78, 5) is 7.22. The zero-order valence-corrected chi connectivity index (χ0v) is 46.9. The zero-order chi connectivity index (χ0) is 55.2. The van der Waals surface area contributed by atoms with Gasteiger partial charge in [0.25, 0.3) is 13.4 Å². The lowest BCUT2D eigenvalue weighted by atomic mass is 9.31. The fraction of sp³-hybridized carbons (Fsp3) is 0.108. The van der Waals surface area contributed by atoms with Crippen molar-refractivity contribution in [1.29, 1.82) is 0 Å². The van der Waals surface area contributed by atoms with E-state index < -0.39 is 0 Å². The molecule has 0 amide bonds. The second-order valence-corrected chi connectivity index (χ2v) is 24.5. The highest BCUT2D eigenvalue weighted by atomic mass is 16.5. The highest BCUT2D eigenvalue weighted by Gasteiger charge is 2.47. The fourth-order valence-electron chi connectivity index (χ4n) is 13.7. The normalized spacial score (nSPS) is 13.6. The van der Waals surface area contributed by atoms with Crippen molar-refractivity contribution < 1.29 is 9.47 Å². The van der Waals surface area contributed by atoms with Gasteiger partial charge in [-0.15, -0.1) is 0 Å². The molecule has 4 aliphatic heterocycles. The molecular weight excluding hydrogens is 998 g/mol. The first-order chi connectivity index (χ1) is 39.9. The van der Waals surface area contributed by atoms with Crippen LogP contribution >= 0.6 is 0 Å². The maximum absolute atomic E-state index is 7.59. The lowest BCUT2D eigenvalue weighted by Gasteiger charge is -2.42. The zero-order valence-electron chi connectivity index (χ0n) is 46.9. The summed E-state index contributed by atoms with van der Waals surface area (Å²) >= 11 is 0. The van der Waals surface area contributed by atoms with Gasteiger partial charge in [-0.25, -0.2) is 0 Å². The monoisotopic (exact) mass is 1060 g/mol. The van der Waals surface area contributed by atoms with Crippen molar-refractivity contribution in [3.05, 3.63) is 254 Å². The fourth-order valence-corrected chi connectivity index (χ4v) is 13.7. The van der Waals surface area contributed by atoms with Gasteiger partial charge in [-0.05, 0) is 140 Å². The van der Waals surface area contributed by atoms with Crippen molar-refractivity contribution in [3.8, 4) is 28.7 Å². The van der Waals surface area contributed by atoms with Gasteiger partial charge in [-0.3, -0.25) is 0 Å². The molecule has 392 valence electrons. The molecule has 5 heterocycles. The van der Waals surface area contributed by atoms with Gasteiger partial charge in [-0.1, -0.05) is 181 Å². The second-order valence-electron chi connectivity index (χ2n) is 24.5. The molecule has 8 heteroatoms. The van der Waals surface area contributed by atoms with E-state index in [0.717, 1.165) is 102 Å². The van der Waals surface area contributed by atoms with Gasteiger partial charge in [0.1, 0.15) is 23.0 Å². The van der Waals surface area contributed by atoms with Crippen LogP contribution < -0.4 is 57.0 Å². The third-order valence-corrected chi connectivity index (χ3v) is 17.5. The molecule has 1 aromatic heterocycles. The van der Waals surface area contributed by atoms with Crippen LogP contribution in [-0.4, -0.2) is 18.0 Å². The highest BCUT2D eigenvalue weighted by Crippen LogP contribution is 2.49. The lowest BCUT2D eigenvalue weighted by Crippen LogP contribution is -2.63. The summed E-state index contributed by atoms with van der Waals surface area (Å²) in [6.07, 6.45) is 0. The Morgan fingerprint density at radius 1 is 0.329 bits per heavy atom. The van der Waals surface area contributed by atoms with E-state index in [0.29, 0.717) is 0 Å². The largest absolute Gasteiger partial charge is 0.458 e. The molecule has 0 N–H and O–H groups in total. The molecule has 6 nitrogen and oxygen atoms in total. The average molecular weight is 1060 g/mol. The lowest BCUT2D eigenvalue weighted by molar-refractivity contribution is 0.465. The number of hydrogen-bond donors (Lipinski definition) is 0. The van der Waals surface area contributed by atoms with Crippen LogP contribution in [0.25, 0.3) is 27.5 Å². The number of fused-ring (bicyclic) bond motifs is 11. The molecule has 0 spiro atoms. The summed E-state index contributed by atoms with van der Waals surface area (Å²) in [6.45, 7) is 13.5. The van der Waals surface area contributed by atoms with E-state index in [1.54, 1.807) is 0 Å². The van der Waals surface area contributed by atoms with Crippen molar-refractivity contribution in [2.45, 2.75) is 52.4 Å². The SMILES string of the molecule is CC(C)(C)c1ccc2c3ccc(C(C)(C)C)cc3n(-c3cc4c5c(c3)N(c3ccccc3)c3ccccc3B5c3cc5c(cc3O4)Oc3cc(N(c4ccccc4)c4ccccc4)cc4c3B5c3ccccc3N4c3ccccc3)c2c1. The topological polar surface area (TPSA) is 33.1 Å². The van der Waals surface area contributed by atoms with Gasteiger partial charge in [-0.2, -0.15) is 0 Å². The molecule has 0 saturated carbocycles. The number of para-hydroxylation sites is 6. The number of anilines is 9. The Morgan fingerprint density at radius 2 is 0.756 bits per heavy atom. The molecular formula is C74H58B2N4O2. The summed E-state index contributed by atoms with van der Waals surface area (Å²) in [6, 6.07) is 88.9. The van der Waals surface area contributed by atoms with Gasteiger partial charge in [0.2, 0.25) is 0 Å². The van der Waals surface area contributed by atoms with Crippen LogP contribution in [-0.2, 0) is 10.8 Å². The third kappa shape index (κ3) is 7.36. The van der Waals surface area contributed by atoms with Crippen LogP contribution in [0.2, 0.25) is 0 Å². The van der Waals surface area contributed by atoms with Crippen LogP contribution in [0.15, 0.2) is 243 Å². The minimum absolute atomic E-state index is 0.0588. The molecule has 0 saturated heterocycles. The van der Waals surface area contributed by atoms with E-state index in [1.165, 1.54) is 43.9 Å². The number of hydrogen-bond acceptors (Lipinski definition) is 5. The van der Waals surface area contributed by atoms with Gasteiger partial charge in [0, 0.05) is 74.5 Å². The van der Waals surface area contributed by atoms with Crippen molar-refractivity contribution in [1.82, 2.24) is 4.57 Å². The van der Waals surface area contributed by atoms with Gasteiger partial charge >= 0.3 is 0 Å². The number of nitrogens with zero attached hydrogens (tertiary/aromatic N) is 4. The molecule has 12 aromatic rings. The van der Waals surface area contributed by atoms with E-state index in [9.17, 15) is 0 Å². The molecule has 0 bridgehead atoms. The predicted molar refractivity (Wildman–Crippen MR) is 345 cm³/mol. The Labute approximate surface area is 480 Å². The number of aromatic nitrogens is 1. The number of ether oxygens (including phenoxy) is 2. The Balaban J connectivity index is 0.946. The molecule has 11 aromatic carbocycles. The van der Waals surface area contributed by atoms with Crippen LogP contribution in [0, 0.1) is 0 Å². The predicted octanol–water partition coefficient (Wildman–Crippen LogP) is 15.7. The number of rotatable bonds is 6. The van der Waals surface area contributed by atoms with Crippen LogP contribution in [0.4, 0.5) is 51.2 Å². The molecule has 0 aliphatic carbocycles. The second kappa shape index (κ2) is 17.9. The van der Waals surface area contributed by atoms with Gasteiger partial charge in [0.05, 0.1) is 22.4 Å². The standard InChI is InChI=1S/C74H58B2N4O2/c1-73(2,3)47-35-37-55-56-38-36-48(74(4,5)6)40-64(56)80(63(55)39-47)54-42-66-72-70(44-54)82-68-46-67-59(45-60(68)76(72)58-32-20-22-34-62(58)79(66)52-29-17-10-18-30-52)75-57-31-19-21-33-61(57)78(51-27-15-9-16-28-51)65-41-53(43-69(81-67)71(65)75)77(49-23-11-7-12-24-49)50-25-13-8-14-26-50/h7-46H,1-6H3. The van der Waals surface area contributed by atoms with Crippen molar-refractivity contribution >= 4 is 119 Å². The number of benzene rings is 11. The first kappa shape index (κ1) is 48.3. The maximum atomic E-state index is 7.59. The summed E-state index contributed by atoms with van der Waals surface area (Å²) in [5.41, 5.74) is 22.5. The molecule has 0 atom stereocenters. The smallest absolute Gasteiger partial charge is 0.256 e. The van der Waals surface area contributed by atoms with Crippen molar-refractivity contribution in [3.63, 3.8) is 0 Å². The first-order valence-corrected chi connectivity index (χ1v) is 28.7. The molecule has 16 rings (SSSR count). The summed E-state index contributed by atoms with van der Waals surface area (Å²) in [5.74, 6) is 3.22. The Morgan fingerprint density at radius 3 is 1.23 bits per heavy atom. The Hall–Kier alpha value is -9.65. The summed E-state index contributed by atoms with van der Waals surface area (Å²) < 4.78 is 17.6. The van der Waals surface area contributed by atoms with Crippen molar-refractivity contribution in [2.75, 3.05) is 14.7 Å². The summed E-state index contributed by atoms with van der Waals surface area (Å²) in [5, 5.41) is 2.46. The maximum Gasteiger partial charge on any atom is 0.256 e. The van der Waals surface area contributed by atoms with E-state index in [1.807, 2.05) is 0 Å². The van der Waals surface area contributed by atoms with Crippen LogP contribution in [0.1, 0.15) is 52.7 Å². The van der Waals surface area contributed by atoms with Crippen LogP contribution in [0.5, 0.6) is 23.0 Å². The summed E-state index contributed by atoms with van der Waals surface area (Å²) in [7, 11) is 0. The quantitative estimate of drug-likeness (QED) is 0.155. The highest BCUT2D eigenvalue weighted by molar-refractivity contribution is 7.02. The van der Waals surface area contributed by atoms with Gasteiger partial charge < -0.3 is 28.7 Å². The molecule has 0 fully saturated rings. The minimum Gasteiger partial charge on any atom is -0.458 e. The molecule has 82 heavy (non-hydrogen) atoms. The van der Waals surface area contributed by atoms with Crippen LogP contribution in [0.3, 0.4) is 0 Å². The third-order valence-electron chi connectivity index (χ3n) is 17.5. The molecule has 0 radical (unpaired) electrons. The first-order valence-electron chi connectivity index (χ1n) is 28.7. The average Bonchev–Trinajstić information content (AvgIpc) is 1.13. The van der Waals surface area contributed by atoms with E-state index >= 15 is 0 Å². The Bertz CT molecular complexity index is 4460. The van der Waals surface area contributed by atoms with E-state index in [-0.39, 0.29) is 24.3 Å². The van der Waals surface area contributed by atoms with E-state index in [4.69, 9.17) is 9.47 Å². The van der Waals surface area contributed by atoms with Gasteiger partial charge in [0.15, 0.2) is 0 Å². The Kier molecular flexibility index (Phi) is 10.6. The van der Waals surface area contributed by atoms with E-state index in [2.05, 4.69) is 303 Å². The minimum atomic E-state index is -0.157. The molecule has 4 aliphatic rings. The molecule has 0 unspecified atom stereocenters. The van der Waals surface area contributed by atoms with Crippen molar-refractivity contribution in [2.24, 2.45) is 0 Å².